The molecule has 20 heavy (non-hydrogen) atoms. The molecule has 1 aliphatic rings. The molecule has 0 spiro atoms. The van der Waals surface area contributed by atoms with E-state index in [1.165, 1.54) is 0 Å². The lowest BCUT2D eigenvalue weighted by Gasteiger charge is -2.26. The first-order valence-corrected chi connectivity index (χ1v) is 7.08. The third-order valence-electron chi connectivity index (χ3n) is 3.15. The van der Waals surface area contributed by atoms with Crippen LogP contribution < -0.4 is 10.6 Å². The number of nitrogens with zero attached hydrogens (tertiary/aromatic N) is 2. The quantitative estimate of drug-likeness (QED) is 0.818. The maximum atomic E-state index is 12.0. The van der Waals surface area contributed by atoms with Gasteiger partial charge >= 0.3 is 0 Å². The molecule has 1 aromatic heterocycles. The number of morpholine rings is 1. The van der Waals surface area contributed by atoms with Gasteiger partial charge in [0.2, 0.25) is 5.91 Å². The van der Waals surface area contributed by atoms with Crippen molar-refractivity contribution in [2.75, 3.05) is 50.0 Å². The lowest BCUT2D eigenvalue weighted by molar-refractivity contribution is -0.134. The Kier molecular flexibility index (Phi) is 5.61. The fourth-order valence-electron chi connectivity index (χ4n) is 2.12. The zero-order valence-corrected chi connectivity index (χ0v) is 11.9. The van der Waals surface area contributed by atoms with Crippen LogP contribution in [-0.2, 0) is 9.53 Å². The molecule has 0 unspecified atom stereocenters. The van der Waals surface area contributed by atoms with Crippen LogP contribution in [0.3, 0.4) is 0 Å². The molecule has 0 aliphatic carbocycles. The van der Waals surface area contributed by atoms with E-state index >= 15 is 0 Å². The van der Waals surface area contributed by atoms with Crippen molar-refractivity contribution in [1.82, 2.24) is 9.88 Å². The lowest BCUT2D eigenvalue weighted by atomic mass is 10.3. The van der Waals surface area contributed by atoms with E-state index in [1.54, 1.807) is 12.4 Å². The number of aromatic nitrogens is 1. The number of pyridine rings is 1. The van der Waals surface area contributed by atoms with Gasteiger partial charge in [-0.2, -0.15) is 0 Å². The third-order valence-corrected chi connectivity index (χ3v) is 3.15. The largest absolute Gasteiger partial charge is 0.384 e. The molecule has 2 rings (SSSR count). The van der Waals surface area contributed by atoms with E-state index in [0.717, 1.165) is 17.9 Å². The van der Waals surface area contributed by atoms with Gasteiger partial charge in [-0.25, -0.2) is 0 Å². The number of anilines is 2. The summed E-state index contributed by atoms with van der Waals surface area (Å²) in [6.07, 6.45) is 4.04. The minimum atomic E-state index is 0.177. The maximum Gasteiger partial charge on any atom is 0.224 e. The molecule has 1 fully saturated rings. The van der Waals surface area contributed by atoms with Gasteiger partial charge in [0.15, 0.2) is 0 Å². The molecule has 0 radical (unpaired) electrons. The zero-order chi connectivity index (χ0) is 14.2. The van der Waals surface area contributed by atoms with Gasteiger partial charge in [0.05, 0.1) is 37.0 Å². The standard InChI is InChI=1S/C14H22N4O2/c1-2-16-12-9-13(11-15-10-12)17-4-3-14(19)18-5-7-20-8-6-18/h9-11,16-17H,2-8H2,1H3. The van der Waals surface area contributed by atoms with Gasteiger partial charge in [0.25, 0.3) is 0 Å². The summed E-state index contributed by atoms with van der Waals surface area (Å²) in [4.78, 5) is 18.0. The van der Waals surface area contributed by atoms with Crippen LogP contribution in [0.25, 0.3) is 0 Å². The van der Waals surface area contributed by atoms with Crippen LogP contribution >= 0.6 is 0 Å². The average Bonchev–Trinajstić information content (AvgIpc) is 2.49. The van der Waals surface area contributed by atoms with Crippen molar-refractivity contribution < 1.29 is 9.53 Å². The van der Waals surface area contributed by atoms with Crippen LogP contribution in [0.2, 0.25) is 0 Å². The van der Waals surface area contributed by atoms with E-state index in [2.05, 4.69) is 15.6 Å². The Morgan fingerprint density at radius 1 is 1.30 bits per heavy atom. The van der Waals surface area contributed by atoms with Crippen molar-refractivity contribution in [2.24, 2.45) is 0 Å². The summed E-state index contributed by atoms with van der Waals surface area (Å²) in [7, 11) is 0. The second-order valence-electron chi connectivity index (χ2n) is 4.66. The number of carbonyl (C=O) groups is 1. The summed E-state index contributed by atoms with van der Waals surface area (Å²) in [6, 6.07) is 2.00. The highest BCUT2D eigenvalue weighted by molar-refractivity contribution is 5.76. The molecule has 2 heterocycles. The summed E-state index contributed by atoms with van der Waals surface area (Å²) in [5.74, 6) is 0.177. The van der Waals surface area contributed by atoms with Gasteiger partial charge in [-0.15, -0.1) is 0 Å². The van der Waals surface area contributed by atoms with Crippen LogP contribution in [0.1, 0.15) is 13.3 Å². The highest BCUT2D eigenvalue weighted by Gasteiger charge is 2.15. The highest BCUT2D eigenvalue weighted by Crippen LogP contribution is 2.12. The van der Waals surface area contributed by atoms with Gasteiger partial charge < -0.3 is 20.3 Å². The molecule has 0 saturated carbocycles. The SMILES string of the molecule is CCNc1cncc(NCCC(=O)N2CCOCC2)c1. The minimum absolute atomic E-state index is 0.177. The molecule has 1 amide bonds. The van der Waals surface area contributed by atoms with Crippen molar-refractivity contribution in [1.29, 1.82) is 0 Å². The normalized spacial score (nSPS) is 14.9. The summed E-state index contributed by atoms with van der Waals surface area (Å²) in [5, 5.41) is 6.44. The van der Waals surface area contributed by atoms with Crippen molar-refractivity contribution in [2.45, 2.75) is 13.3 Å². The van der Waals surface area contributed by atoms with E-state index < -0.39 is 0 Å². The van der Waals surface area contributed by atoms with Gasteiger partial charge in [0, 0.05) is 32.6 Å². The molecular formula is C14H22N4O2. The van der Waals surface area contributed by atoms with E-state index in [0.29, 0.717) is 39.3 Å². The van der Waals surface area contributed by atoms with Crippen LogP contribution in [0.4, 0.5) is 11.4 Å². The number of ether oxygens (including phenoxy) is 1. The second kappa shape index (κ2) is 7.69. The van der Waals surface area contributed by atoms with E-state index in [4.69, 9.17) is 4.74 Å². The molecule has 1 aliphatic heterocycles. The Morgan fingerprint density at radius 2 is 2.00 bits per heavy atom. The van der Waals surface area contributed by atoms with Crippen molar-refractivity contribution >= 4 is 17.3 Å². The molecule has 0 atom stereocenters. The van der Waals surface area contributed by atoms with E-state index in [9.17, 15) is 4.79 Å². The summed E-state index contributed by atoms with van der Waals surface area (Å²) in [6.45, 7) is 6.23. The highest BCUT2D eigenvalue weighted by atomic mass is 16.5. The Labute approximate surface area is 119 Å². The summed E-state index contributed by atoms with van der Waals surface area (Å²) >= 11 is 0. The fourth-order valence-corrected chi connectivity index (χ4v) is 2.12. The number of rotatable bonds is 6. The first-order chi connectivity index (χ1) is 9.79. The van der Waals surface area contributed by atoms with Gasteiger partial charge in [-0.3, -0.25) is 9.78 Å². The zero-order valence-electron chi connectivity index (χ0n) is 11.9. The summed E-state index contributed by atoms with van der Waals surface area (Å²) < 4.78 is 5.24. The van der Waals surface area contributed by atoms with E-state index in [-0.39, 0.29) is 5.91 Å². The molecule has 1 saturated heterocycles. The first kappa shape index (κ1) is 14.6. The fraction of sp³-hybridized carbons (Fsp3) is 0.571. The molecule has 6 heteroatoms. The molecule has 2 N–H and O–H groups in total. The number of carbonyl (C=O) groups excluding carboxylic acids is 1. The van der Waals surface area contributed by atoms with Crippen molar-refractivity contribution in [3.8, 4) is 0 Å². The van der Waals surface area contributed by atoms with Crippen molar-refractivity contribution in [3.05, 3.63) is 18.5 Å². The Balaban J connectivity index is 1.74. The third kappa shape index (κ3) is 4.38. The first-order valence-electron chi connectivity index (χ1n) is 7.08. The second-order valence-corrected chi connectivity index (χ2v) is 4.66. The molecule has 6 nitrogen and oxygen atoms in total. The van der Waals surface area contributed by atoms with Crippen molar-refractivity contribution in [3.63, 3.8) is 0 Å². The van der Waals surface area contributed by atoms with Crippen LogP contribution in [-0.4, -0.2) is 55.2 Å². The van der Waals surface area contributed by atoms with E-state index in [1.807, 2.05) is 17.9 Å². The van der Waals surface area contributed by atoms with Gasteiger partial charge in [-0.05, 0) is 13.0 Å². The van der Waals surface area contributed by atoms with Gasteiger partial charge in [-0.1, -0.05) is 0 Å². The predicted molar refractivity (Wildman–Crippen MR) is 78.9 cm³/mol. The lowest BCUT2D eigenvalue weighted by Crippen LogP contribution is -2.41. The molecule has 1 aromatic rings. The minimum Gasteiger partial charge on any atom is -0.384 e. The Bertz CT molecular complexity index is 433. The molecular weight excluding hydrogens is 256 g/mol. The summed E-state index contributed by atoms with van der Waals surface area (Å²) in [5.41, 5.74) is 1.91. The van der Waals surface area contributed by atoms with Crippen LogP contribution in [0.5, 0.6) is 0 Å². The number of hydrogen-bond donors (Lipinski definition) is 2. The predicted octanol–water partition coefficient (Wildman–Crippen LogP) is 1.17. The molecule has 0 aromatic carbocycles. The van der Waals surface area contributed by atoms with Crippen LogP contribution in [0.15, 0.2) is 18.5 Å². The molecule has 110 valence electrons. The number of hydrogen-bond acceptors (Lipinski definition) is 5. The Morgan fingerprint density at radius 3 is 2.70 bits per heavy atom. The smallest absolute Gasteiger partial charge is 0.224 e. The topological polar surface area (TPSA) is 66.5 Å². The maximum absolute atomic E-state index is 12.0. The average molecular weight is 278 g/mol. The number of nitrogens with one attached hydrogen (secondary N) is 2. The van der Waals surface area contributed by atoms with Gasteiger partial charge in [0.1, 0.15) is 0 Å². The number of amides is 1. The van der Waals surface area contributed by atoms with Crippen LogP contribution in [0, 0.1) is 0 Å². The molecule has 0 bridgehead atoms. The monoisotopic (exact) mass is 278 g/mol. The Hall–Kier alpha value is -1.82.